The van der Waals surface area contributed by atoms with E-state index in [1.807, 2.05) is 21.9 Å². The van der Waals surface area contributed by atoms with Crippen molar-refractivity contribution in [3.63, 3.8) is 0 Å². The van der Waals surface area contributed by atoms with E-state index in [1.54, 1.807) is 17.0 Å². The van der Waals surface area contributed by atoms with Crippen LogP contribution in [0, 0.1) is 0 Å². The summed E-state index contributed by atoms with van der Waals surface area (Å²) in [5, 5.41) is 10.4. The quantitative estimate of drug-likeness (QED) is 0.268. The third-order valence-electron chi connectivity index (χ3n) is 9.94. The molecule has 54 heavy (non-hydrogen) atoms. The molecule has 3 aliphatic rings. The van der Waals surface area contributed by atoms with Gasteiger partial charge in [0.2, 0.25) is 5.60 Å². The van der Waals surface area contributed by atoms with Gasteiger partial charge in [0.05, 0.1) is 42.7 Å². The summed E-state index contributed by atoms with van der Waals surface area (Å²) >= 11 is 0.397. The molecule has 0 unspecified atom stereocenters. The van der Waals surface area contributed by atoms with Gasteiger partial charge in [-0.2, -0.15) is 26.3 Å². The molecule has 0 saturated carbocycles. The Hall–Kier alpha value is -4.13. The van der Waals surface area contributed by atoms with E-state index in [0.717, 1.165) is 29.5 Å². The molecule has 3 aromatic rings. The van der Waals surface area contributed by atoms with Crippen LogP contribution in [0.25, 0.3) is 0 Å². The molecule has 2 aromatic heterocycles. The second-order valence-corrected chi connectivity index (χ2v) is 14.1. The Morgan fingerprint density at radius 1 is 0.981 bits per heavy atom. The number of hydrogen-bond donors (Lipinski definition) is 1. The molecule has 6 rings (SSSR count). The number of carbonyl (C=O) groups excluding carboxylic acids is 2. The number of aliphatic hydroxyl groups is 1. The lowest BCUT2D eigenvalue weighted by Crippen LogP contribution is -2.69. The Morgan fingerprint density at radius 3 is 2.41 bits per heavy atom. The number of hydrogen-bond acceptors (Lipinski definition) is 10. The maximum atomic E-state index is 15.1. The molecule has 2 atom stereocenters. The van der Waals surface area contributed by atoms with Crippen LogP contribution in [0.4, 0.5) is 32.0 Å². The predicted molar refractivity (Wildman–Crippen MR) is 186 cm³/mol. The maximum absolute atomic E-state index is 15.1. The van der Waals surface area contributed by atoms with E-state index < -0.39 is 51.8 Å². The zero-order valence-electron chi connectivity index (χ0n) is 29.3. The molecule has 3 aliphatic heterocycles. The van der Waals surface area contributed by atoms with Gasteiger partial charge < -0.3 is 34.0 Å². The number of piperidine rings is 1. The van der Waals surface area contributed by atoms with E-state index in [1.165, 1.54) is 4.90 Å². The first-order valence-corrected chi connectivity index (χ1v) is 18.5. The largest absolute Gasteiger partial charge is 0.489 e. The number of nitrogens with zero attached hydrogens (tertiary/aromatic N) is 5. The van der Waals surface area contributed by atoms with Crippen LogP contribution < -0.4 is 14.4 Å². The zero-order valence-corrected chi connectivity index (χ0v) is 30.1. The zero-order chi connectivity index (χ0) is 38.5. The average Bonchev–Trinajstić information content (AvgIpc) is 3.65. The van der Waals surface area contributed by atoms with Gasteiger partial charge in [0.15, 0.2) is 0 Å². The van der Waals surface area contributed by atoms with Gasteiger partial charge >= 0.3 is 12.4 Å². The number of likely N-dealkylation sites (tertiary alicyclic amines) is 1. The normalized spacial score (nSPS) is 21.6. The Bertz CT molecular complexity index is 1750. The molecule has 0 spiro atoms. The number of rotatable bonds is 11. The van der Waals surface area contributed by atoms with E-state index in [0.29, 0.717) is 69.1 Å². The van der Waals surface area contributed by atoms with Crippen LogP contribution in [0.1, 0.15) is 40.1 Å². The Kier molecular flexibility index (Phi) is 12.2. The van der Waals surface area contributed by atoms with Crippen molar-refractivity contribution in [2.24, 2.45) is 0 Å². The summed E-state index contributed by atoms with van der Waals surface area (Å²) in [4.78, 5) is 39.0. The molecule has 0 bridgehead atoms. The van der Waals surface area contributed by atoms with Crippen molar-refractivity contribution in [2.75, 3.05) is 83.7 Å². The molecule has 294 valence electrons. The van der Waals surface area contributed by atoms with Crippen molar-refractivity contribution in [3.8, 4) is 11.5 Å². The van der Waals surface area contributed by atoms with Gasteiger partial charge in [-0.05, 0) is 31.0 Å². The van der Waals surface area contributed by atoms with Crippen LogP contribution in [0.2, 0.25) is 0 Å². The lowest BCUT2D eigenvalue weighted by molar-refractivity contribution is -0.160. The molecular formula is C36H41F6N5O6S. The van der Waals surface area contributed by atoms with Gasteiger partial charge in [-0.25, -0.2) is 0 Å². The van der Waals surface area contributed by atoms with Gasteiger partial charge in [0.1, 0.15) is 23.0 Å². The number of amides is 2. The number of thiophene rings is 1. The summed E-state index contributed by atoms with van der Waals surface area (Å²) in [5.41, 5.74) is -3.09. The summed E-state index contributed by atoms with van der Waals surface area (Å²) in [5.74, 6) is -1.26. The average molecular weight is 786 g/mol. The number of aliphatic hydroxyl groups excluding tert-OH is 1. The highest BCUT2D eigenvalue weighted by atomic mass is 32.1. The molecular weight excluding hydrogens is 744 g/mol. The van der Waals surface area contributed by atoms with Crippen LogP contribution >= 0.6 is 11.3 Å². The summed E-state index contributed by atoms with van der Waals surface area (Å²) in [6.45, 7) is 3.14. The fraction of sp³-hybridized carbons (Fsp3) is 0.528. The molecule has 0 aliphatic carbocycles. The molecule has 3 saturated heterocycles. The van der Waals surface area contributed by atoms with Gasteiger partial charge in [-0.15, -0.1) is 11.3 Å². The monoisotopic (exact) mass is 785 g/mol. The van der Waals surface area contributed by atoms with Crippen LogP contribution in [-0.2, 0) is 21.9 Å². The van der Waals surface area contributed by atoms with Crippen LogP contribution in [-0.4, -0.2) is 127 Å². The third kappa shape index (κ3) is 8.71. The number of para-hydroxylation sites is 2. The molecule has 5 heterocycles. The number of pyridine rings is 1. The molecule has 1 N–H and O–H groups in total. The van der Waals surface area contributed by atoms with Crippen molar-refractivity contribution in [2.45, 2.75) is 43.3 Å². The first-order chi connectivity index (χ1) is 25.8. The van der Waals surface area contributed by atoms with Gasteiger partial charge in [-0.1, -0.05) is 12.1 Å². The standard InChI is InChI=1S/C36H41F6N5O6S/c37-35(38,39)27-6-9-43-23-26(27)32(49)47-10-3-8-34(30(47)7-11-44-16-19-51-20-17-44,53-25-22-31(54-24-25)36(40,41)42)33(50)46-14-12-45(13-15-46)28-4-1-2-5-29(28)52-21-18-48/h1-2,4-6,9,22-24,30,48H,3,7-8,10-21H2/t30-,34+/m1/s1. The lowest BCUT2D eigenvalue weighted by Gasteiger charge is -2.51. The van der Waals surface area contributed by atoms with Crippen molar-refractivity contribution in [3.05, 3.63) is 70.2 Å². The van der Waals surface area contributed by atoms with Crippen molar-refractivity contribution in [1.82, 2.24) is 19.7 Å². The summed E-state index contributed by atoms with van der Waals surface area (Å²) in [6, 6.07) is 7.59. The predicted octanol–water partition coefficient (Wildman–Crippen LogP) is 5.05. The number of piperazine rings is 1. The number of morpholine rings is 1. The van der Waals surface area contributed by atoms with E-state index in [2.05, 4.69) is 4.98 Å². The number of anilines is 1. The second-order valence-electron chi connectivity index (χ2n) is 13.2. The first kappa shape index (κ1) is 39.6. The third-order valence-corrected chi connectivity index (χ3v) is 10.9. The minimum absolute atomic E-state index is 0.00218. The van der Waals surface area contributed by atoms with E-state index in [4.69, 9.17) is 14.2 Å². The Labute approximate surface area is 312 Å². The van der Waals surface area contributed by atoms with Gasteiger partial charge in [0, 0.05) is 82.6 Å². The molecule has 2 amide bonds. The molecule has 11 nitrogen and oxygen atoms in total. The number of benzene rings is 1. The summed E-state index contributed by atoms with van der Waals surface area (Å²) < 4.78 is 102. The van der Waals surface area contributed by atoms with Crippen LogP contribution in [0.5, 0.6) is 11.5 Å². The van der Waals surface area contributed by atoms with E-state index in [-0.39, 0.29) is 57.9 Å². The number of ether oxygens (including phenoxy) is 3. The Morgan fingerprint density at radius 2 is 1.72 bits per heavy atom. The number of alkyl halides is 6. The number of halogens is 6. The highest BCUT2D eigenvalue weighted by Gasteiger charge is 2.56. The minimum Gasteiger partial charge on any atom is -0.489 e. The highest BCUT2D eigenvalue weighted by molar-refractivity contribution is 7.10. The van der Waals surface area contributed by atoms with E-state index >= 15 is 4.79 Å². The summed E-state index contributed by atoms with van der Waals surface area (Å²) in [6.07, 6.45) is -7.59. The number of aromatic nitrogens is 1. The number of carbonyl (C=O) groups is 2. The highest BCUT2D eigenvalue weighted by Crippen LogP contribution is 2.43. The van der Waals surface area contributed by atoms with Gasteiger partial charge in [-0.3, -0.25) is 19.5 Å². The molecule has 1 aromatic carbocycles. The fourth-order valence-electron chi connectivity index (χ4n) is 7.37. The Balaban J connectivity index is 1.37. The van der Waals surface area contributed by atoms with Crippen LogP contribution in [0.15, 0.2) is 54.2 Å². The smallest absolute Gasteiger partial charge is 0.425 e. The molecule has 3 fully saturated rings. The topological polar surface area (TPSA) is 108 Å². The van der Waals surface area contributed by atoms with Crippen molar-refractivity contribution >= 4 is 28.8 Å². The molecule has 0 radical (unpaired) electrons. The van der Waals surface area contributed by atoms with Crippen molar-refractivity contribution in [1.29, 1.82) is 0 Å². The fourth-order valence-corrected chi connectivity index (χ4v) is 8.05. The van der Waals surface area contributed by atoms with Crippen molar-refractivity contribution < 1.29 is 55.2 Å². The SMILES string of the molecule is O=C(c1cnccc1C(F)(F)F)N1CCC[C@@](Oc2csc(C(F)(F)F)c2)(C(=O)N2CCN(c3ccccc3OCCO)CC2)[C@H]1CCN1CCOCC1. The van der Waals surface area contributed by atoms with Crippen LogP contribution in [0.3, 0.4) is 0 Å². The van der Waals surface area contributed by atoms with E-state index in [9.17, 15) is 36.2 Å². The second kappa shape index (κ2) is 16.7. The summed E-state index contributed by atoms with van der Waals surface area (Å²) in [7, 11) is 0. The first-order valence-electron chi connectivity index (χ1n) is 17.7. The van der Waals surface area contributed by atoms with Gasteiger partial charge in [0.25, 0.3) is 11.8 Å². The maximum Gasteiger partial charge on any atom is 0.425 e. The lowest BCUT2D eigenvalue weighted by atomic mass is 9.80. The minimum atomic E-state index is -4.89. The molecule has 18 heteroatoms.